The maximum absolute atomic E-state index is 14.0. The Hall–Kier alpha value is -3.02. The van der Waals surface area contributed by atoms with Crippen LogP contribution >= 0.6 is 19.4 Å². The molecular formula is C26H28ClFN3O8P. The van der Waals surface area contributed by atoms with Gasteiger partial charge in [-0.05, 0) is 55.4 Å². The summed E-state index contributed by atoms with van der Waals surface area (Å²) in [5.41, 5.74) is -0.759. The number of carbonyl (C=O) groups excluding carboxylic acids is 2. The molecule has 1 saturated carbocycles. The number of hydrogen-bond donors (Lipinski definition) is 4. The summed E-state index contributed by atoms with van der Waals surface area (Å²) < 4.78 is 29.8. The highest BCUT2D eigenvalue weighted by molar-refractivity contribution is 7.46. The van der Waals surface area contributed by atoms with Gasteiger partial charge in [0.25, 0.3) is 17.4 Å². The van der Waals surface area contributed by atoms with E-state index in [2.05, 4.69) is 11.1 Å². The van der Waals surface area contributed by atoms with Crippen molar-refractivity contribution >= 4 is 31.2 Å². The second-order valence-corrected chi connectivity index (χ2v) is 12.0. The molecule has 3 aliphatic rings. The van der Waals surface area contributed by atoms with Gasteiger partial charge in [-0.1, -0.05) is 29.8 Å². The number of fused-ring (bicyclic) bond motifs is 2. The van der Waals surface area contributed by atoms with E-state index in [-0.39, 0.29) is 65.8 Å². The molecule has 4 atom stereocenters. The van der Waals surface area contributed by atoms with Crippen molar-refractivity contribution in [1.82, 2.24) is 14.8 Å². The summed E-state index contributed by atoms with van der Waals surface area (Å²) in [6.07, 6.45) is 4.58. The SMILES string of the molecule is CC(CN(C(=O)c1[nH]c(=O)c(O)c2c1CCN(Cc1ccc(F)c(Cl)c1)C2=O)C1CCC2C=CC21)OP(=O)(O)O. The minimum atomic E-state index is -4.83. The van der Waals surface area contributed by atoms with Crippen molar-refractivity contribution in [3.8, 4) is 5.75 Å². The molecule has 2 amide bonds. The predicted octanol–water partition coefficient (Wildman–Crippen LogP) is 2.98. The fraction of sp³-hybridized carbons (Fsp3) is 0.423. The van der Waals surface area contributed by atoms with E-state index in [4.69, 9.17) is 16.1 Å². The Labute approximate surface area is 233 Å². The molecule has 0 saturated heterocycles. The molecule has 5 rings (SSSR count). The van der Waals surface area contributed by atoms with Crippen molar-refractivity contribution in [3.05, 3.63) is 73.9 Å². The number of carbonyl (C=O) groups is 2. The molecule has 11 nitrogen and oxygen atoms in total. The highest BCUT2D eigenvalue weighted by Gasteiger charge is 2.44. The number of hydrogen-bond acceptors (Lipinski definition) is 6. The number of benzene rings is 1. The monoisotopic (exact) mass is 595 g/mol. The highest BCUT2D eigenvalue weighted by atomic mass is 35.5. The molecule has 1 fully saturated rings. The Bertz CT molecular complexity index is 1510. The van der Waals surface area contributed by atoms with Crippen LogP contribution in [0, 0.1) is 17.7 Å². The normalized spacial score (nSPS) is 22.5. The van der Waals surface area contributed by atoms with Gasteiger partial charge in [0.1, 0.15) is 11.5 Å². The first kappa shape index (κ1) is 28.5. The molecule has 4 unspecified atom stereocenters. The van der Waals surface area contributed by atoms with Gasteiger partial charge in [0.05, 0.1) is 16.7 Å². The first-order valence-corrected chi connectivity index (χ1v) is 14.7. The van der Waals surface area contributed by atoms with Crippen molar-refractivity contribution < 1.29 is 38.0 Å². The number of amides is 2. The average molecular weight is 596 g/mol. The Balaban J connectivity index is 1.48. The van der Waals surface area contributed by atoms with Crippen molar-refractivity contribution in [2.75, 3.05) is 13.1 Å². The number of halogens is 2. The molecule has 214 valence electrons. The van der Waals surface area contributed by atoms with E-state index in [1.165, 1.54) is 34.9 Å². The van der Waals surface area contributed by atoms with Gasteiger partial charge in [0.2, 0.25) is 0 Å². The molecule has 1 aromatic carbocycles. The van der Waals surface area contributed by atoms with Crippen molar-refractivity contribution in [1.29, 1.82) is 0 Å². The molecule has 1 aliphatic heterocycles. The summed E-state index contributed by atoms with van der Waals surface area (Å²) >= 11 is 5.87. The quantitative estimate of drug-likeness (QED) is 0.268. The standard InChI is InChI=1S/C26H28ClFN3O8P/c1-13(39-40(36,37)38)11-31(20-7-4-15-3-5-16(15)20)26(35)22-17-8-9-30(12-14-2-6-19(28)18(27)10-14)25(34)21(17)23(32)24(33)29-22/h2-3,5-6,10,13,15-16,20,32H,4,7-9,11-12H2,1H3,(H,29,33)(H2,36,37,38). The summed E-state index contributed by atoms with van der Waals surface area (Å²) in [6, 6.07) is 3.72. The number of aromatic nitrogens is 1. The summed E-state index contributed by atoms with van der Waals surface area (Å²) in [5, 5.41) is 10.5. The molecule has 1 aromatic heterocycles. The number of pyridine rings is 1. The Kier molecular flexibility index (Phi) is 7.66. The lowest BCUT2D eigenvalue weighted by Gasteiger charge is -2.38. The molecule has 0 spiro atoms. The Morgan fingerprint density at radius 2 is 2.05 bits per heavy atom. The lowest BCUT2D eigenvalue weighted by atomic mass is 9.83. The largest absolute Gasteiger partial charge is 0.502 e. The minimum absolute atomic E-state index is 0.0363. The van der Waals surface area contributed by atoms with E-state index in [1.807, 2.05) is 6.08 Å². The maximum Gasteiger partial charge on any atom is 0.469 e. The third kappa shape index (κ3) is 5.46. The zero-order valence-corrected chi connectivity index (χ0v) is 23.1. The summed E-state index contributed by atoms with van der Waals surface area (Å²) in [5.74, 6) is -2.40. The molecular weight excluding hydrogens is 568 g/mol. The van der Waals surface area contributed by atoms with Crippen LogP contribution in [0.1, 0.15) is 51.7 Å². The van der Waals surface area contributed by atoms with Crippen LogP contribution in [0.3, 0.4) is 0 Å². The summed E-state index contributed by atoms with van der Waals surface area (Å²) in [4.78, 5) is 64.0. The van der Waals surface area contributed by atoms with Crippen LogP contribution < -0.4 is 5.56 Å². The van der Waals surface area contributed by atoms with E-state index in [9.17, 15) is 38.2 Å². The van der Waals surface area contributed by atoms with Crippen LogP contribution in [0.5, 0.6) is 5.75 Å². The maximum atomic E-state index is 14.0. The van der Waals surface area contributed by atoms with Crippen molar-refractivity contribution in [2.24, 2.45) is 11.8 Å². The number of nitrogens with zero attached hydrogens (tertiary/aromatic N) is 2. The van der Waals surface area contributed by atoms with Crippen LogP contribution in [0.15, 0.2) is 35.1 Å². The Morgan fingerprint density at radius 1 is 1.30 bits per heavy atom. The third-order valence-corrected chi connectivity index (χ3v) is 8.67. The molecule has 0 radical (unpaired) electrons. The summed E-state index contributed by atoms with van der Waals surface area (Å²) in [7, 11) is -4.83. The van der Waals surface area contributed by atoms with Gasteiger partial charge in [0, 0.05) is 31.6 Å². The lowest BCUT2D eigenvalue weighted by molar-refractivity contribution is 0.0470. The van der Waals surface area contributed by atoms with Gasteiger partial charge in [0.15, 0.2) is 5.75 Å². The van der Waals surface area contributed by atoms with Gasteiger partial charge in [-0.2, -0.15) is 0 Å². The van der Waals surface area contributed by atoms with Crippen LogP contribution in [0.4, 0.5) is 4.39 Å². The zero-order chi connectivity index (χ0) is 28.9. The minimum Gasteiger partial charge on any atom is -0.502 e. The van der Waals surface area contributed by atoms with Crippen LogP contribution in [-0.4, -0.2) is 66.7 Å². The molecule has 0 bridgehead atoms. The molecule has 14 heteroatoms. The number of phosphoric acid groups is 1. The van der Waals surface area contributed by atoms with E-state index >= 15 is 0 Å². The van der Waals surface area contributed by atoms with Crippen molar-refractivity contribution in [3.63, 3.8) is 0 Å². The molecule has 2 aromatic rings. The van der Waals surface area contributed by atoms with E-state index < -0.39 is 42.9 Å². The van der Waals surface area contributed by atoms with E-state index in [1.54, 1.807) is 0 Å². The van der Waals surface area contributed by atoms with Gasteiger partial charge >= 0.3 is 7.82 Å². The lowest BCUT2D eigenvalue weighted by Crippen LogP contribution is -2.48. The predicted molar refractivity (Wildman–Crippen MR) is 141 cm³/mol. The van der Waals surface area contributed by atoms with Gasteiger partial charge < -0.3 is 29.7 Å². The van der Waals surface area contributed by atoms with E-state index in [0.717, 1.165) is 6.42 Å². The molecule has 2 heterocycles. The number of H-pyrrole nitrogens is 1. The number of rotatable bonds is 8. The highest BCUT2D eigenvalue weighted by Crippen LogP contribution is 2.44. The smallest absolute Gasteiger partial charge is 0.469 e. The third-order valence-electron chi connectivity index (χ3n) is 7.75. The van der Waals surface area contributed by atoms with Crippen LogP contribution in [0.25, 0.3) is 0 Å². The number of phosphoric ester groups is 1. The average Bonchev–Trinajstić information content (AvgIpc) is 3.14. The number of nitrogens with one attached hydrogen (secondary N) is 1. The fourth-order valence-corrected chi connectivity index (χ4v) is 6.62. The Morgan fingerprint density at radius 3 is 2.67 bits per heavy atom. The number of aromatic amines is 1. The number of aromatic hydroxyl groups is 1. The zero-order valence-electron chi connectivity index (χ0n) is 21.4. The van der Waals surface area contributed by atoms with Gasteiger partial charge in [-0.15, -0.1) is 0 Å². The van der Waals surface area contributed by atoms with Crippen LogP contribution in [-0.2, 0) is 22.1 Å². The molecule has 2 aliphatic carbocycles. The fourth-order valence-electron chi connectivity index (χ4n) is 5.88. The summed E-state index contributed by atoms with van der Waals surface area (Å²) in [6.45, 7) is 1.44. The van der Waals surface area contributed by atoms with Gasteiger partial charge in [-0.25, -0.2) is 8.96 Å². The second kappa shape index (κ2) is 10.8. The molecule has 40 heavy (non-hydrogen) atoms. The topological polar surface area (TPSA) is 160 Å². The molecule has 4 N–H and O–H groups in total. The number of allylic oxidation sites excluding steroid dienone is 1. The van der Waals surface area contributed by atoms with Crippen molar-refractivity contribution in [2.45, 2.75) is 44.9 Å². The second-order valence-electron chi connectivity index (χ2n) is 10.4. The first-order chi connectivity index (χ1) is 18.8. The first-order valence-electron chi connectivity index (χ1n) is 12.8. The van der Waals surface area contributed by atoms with Gasteiger partial charge in [-0.3, -0.25) is 18.9 Å². The van der Waals surface area contributed by atoms with E-state index in [0.29, 0.717) is 12.0 Å². The van der Waals surface area contributed by atoms with Crippen LogP contribution in [0.2, 0.25) is 5.02 Å².